The fourth-order valence-electron chi connectivity index (χ4n) is 1.13. The van der Waals surface area contributed by atoms with Gasteiger partial charge in [-0.15, -0.1) is 0 Å². The topological polar surface area (TPSA) is 23.8 Å². The molecule has 0 N–H and O–H groups in total. The summed E-state index contributed by atoms with van der Waals surface area (Å²) in [6.07, 6.45) is 0.859. The van der Waals surface area contributed by atoms with E-state index in [2.05, 4.69) is 0 Å². The molecule has 0 unspecified atom stereocenters. The van der Waals surface area contributed by atoms with Crippen molar-refractivity contribution in [2.24, 2.45) is 0 Å². The Morgan fingerprint density at radius 2 is 2.23 bits per heavy atom. The molecule has 1 nitrogen and oxygen atoms in total. The molecule has 0 aliphatic carbocycles. The summed E-state index contributed by atoms with van der Waals surface area (Å²) >= 11 is 5.65. The number of hydrogen-bond acceptors (Lipinski definition) is 1. The lowest BCUT2D eigenvalue weighted by molar-refractivity contribution is 0.615. The number of rotatable bonds is 2. The van der Waals surface area contributed by atoms with Gasteiger partial charge in [0.15, 0.2) is 0 Å². The highest BCUT2D eigenvalue weighted by atomic mass is 35.5. The predicted octanol–water partition coefficient (Wildman–Crippen LogP) is 3.11. The molecule has 0 aliphatic heterocycles. The standard InChI is InChI=1S/C10H9ClFN/c1-2-7-5-8(3-4-13)10(12)9(11)6-7/h5-6H,2-3H2,1H3. The molecule has 0 saturated heterocycles. The van der Waals surface area contributed by atoms with Crippen LogP contribution in [0.1, 0.15) is 18.1 Å². The minimum absolute atomic E-state index is 0.0688. The van der Waals surface area contributed by atoms with Gasteiger partial charge in [-0.05, 0) is 18.1 Å². The SMILES string of the molecule is CCc1cc(Cl)c(F)c(CC#N)c1. The summed E-state index contributed by atoms with van der Waals surface area (Å²) in [6.45, 7) is 1.96. The van der Waals surface area contributed by atoms with E-state index in [1.807, 2.05) is 13.0 Å². The minimum atomic E-state index is -0.472. The fraction of sp³-hybridized carbons (Fsp3) is 0.300. The molecule has 0 atom stereocenters. The molecule has 68 valence electrons. The highest BCUT2D eigenvalue weighted by Gasteiger charge is 2.07. The van der Waals surface area contributed by atoms with Gasteiger partial charge in [0.1, 0.15) is 5.82 Å². The van der Waals surface area contributed by atoms with Crippen LogP contribution in [0.15, 0.2) is 12.1 Å². The minimum Gasteiger partial charge on any atom is -0.205 e. The first-order valence-corrected chi connectivity index (χ1v) is 4.40. The molecule has 0 spiro atoms. The van der Waals surface area contributed by atoms with Gasteiger partial charge in [0, 0.05) is 5.56 Å². The zero-order valence-corrected chi connectivity index (χ0v) is 8.03. The van der Waals surface area contributed by atoms with E-state index in [1.54, 1.807) is 12.1 Å². The number of benzene rings is 1. The van der Waals surface area contributed by atoms with E-state index in [1.165, 1.54) is 0 Å². The summed E-state index contributed by atoms with van der Waals surface area (Å²) in [5.74, 6) is -0.472. The van der Waals surface area contributed by atoms with Crippen LogP contribution in [0.25, 0.3) is 0 Å². The first-order chi connectivity index (χ1) is 6.19. The van der Waals surface area contributed by atoms with E-state index >= 15 is 0 Å². The molecule has 0 aliphatic rings. The molecule has 0 amide bonds. The molecule has 0 fully saturated rings. The van der Waals surface area contributed by atoms with Crippen LogP contribution in [0.3, 0.4) is 0 Å². The maximum Gasteiger partial charge on any atom is 0.146 e. The molecule has 0 heterocycles. The zero-order chi connectivity index (χ0) is 9.84. The normalized spacial score (nSPS) is 9.69. The largest absolute Gasteiger partial charge is 0.205 e. The van der Waals surface area contributed by atoms with Crippen LogP contribution in [0.2, 0.25) is 5.02 Å². The number of nitriles is 1. The molecule has 0 aromatic heterocycles. The third-order valence-electron chi connectivity index (χ3n) is 1.84. The summed E-state index contributed by atoms with van der Waals surface area (Å²) < 4.78 is 13.2. The zero-order valence-electron chi connectivity index (χ0n) is 7.27. The fourth-order valence-corrected chi connectivity index (χ4v) is 1.39. The van der Waals surface area contributed by atoms with Crippen molar-refractivity contribution in [3.63, 3.8) is 0 Å². The summed E-state index contributed by atoms with van der Waals surface area (Å²) in [5, 5.41) is 8.54. The van der Waals surface area contributed by atoms with Crippen LogP contribution in [0, 0.1) is 17.1 Å². The quantitative estimate of drug-likeness (QED) is 0.715. The van der Waals surface area contributed by atoms with Crippen LogP contribution in [0.4, 0.5) is 4.39 Å². The van der Waals surface area contributed by atoms with E-state index < -0.39 is 5.82 Å². The Kier molecular flexibility index (Phi) is 3.27. The molecule has 0 radical (unpaired) electrons. The van der Waals surface area contributed by atoms with Crippen molar-refractivity contribution in [2.45, 2.75) is 19.8 Å². The lowest BCUT2D eigenvalue weighted by atomic mass is 10.1. The lowest BCUT2D eigenvalue weighted by Crippen LogP contribution is -1.93. The van der Waals surface area contributed by atoms with Crippen molar-refractivity contribution >= 4 is 11.6 Å². The van der Waals surface area contributed by atoms with Crippen molar-refractivity contribution < 1.29 is 4.39 Å². The van der Waals surface area contributed by atoms with Gasteiger partial charge in [-0.25, -0.2) is 4.39 Å². The summed E-state index contributed by atoms with van der Waals surface area (Å²) in [5.41, 5.74) is 1.34. The average Bonchev–Trinajstić information content (AvgIpc) is 2.13. The molecular formula is C10H9ClFN. The monoisotopic (exact) mass is 197 g/mol. The van der Waals surface area contributed by atoms with Gasteiger partial charge in [-0.1, -0.05) is 24.6 Å². The Labute approximate surface area is 81.8 Å². The van der Waals surface area contributed by atoms with E-state index in [0.717, 1.165) is 12.0 Å². The maximum atomic E-state index is 13.2. The van der Waals surface area contributed by atoms with Crippen LogP contribution < -0.4 is 0 Å². The van der Waals surface area contributed by atoms with Crippen LogP contribution in [0.5, 0.6) is 0 Å². The van der Waals surface area contributed by atoms with Gasteiger partial charge in [0.2, 0.25) is 0 Å². The molecule has 13 heavy (non-hydrogen) atoms. The highest BCUT2D eigenvalue weighted by Crippen LogP contribution is 2.21. The Morgan fingerprint density at radius 1 is 1.54 bits per heavy atom. The first kappa shape index (κ1) is 10.0. The van der Waals surface area contributed by atoms with E-state index in [9.17, 15) is 4.39 Å². The highest BCUT2D eigenvalue weighted by molar-refractivity contribution is 6.30. The lowest BCUT2D eigenvalue weighted by Gasteiger charge is -2.03. The molecule has 1 aromatic carbocycles. The van der Waals surface area contributed by atoms with Crippen molar-refractivity contribution in [1.29, 1.82) is 5.26 Å². The number of aryl methyl sites for hydroxylation is 1. The Balaban J connectivity index is 3.18. The average molecular weight is 198 g/mol. The Bertz CT molecular complexity index is 355. The van der Waals surface area contributed by atoms with Gasteiger partial charge in [-0.3, -0.25) is 0 Å². The van der Waals surface area contributed by atoms with Crippen molar-refractivity contribution in [3.8, 4) is 6.07 Å². The van der Waals surface area contributed by atoms with Gasteiger partial charge in [-0.2, -0.15) is 5.26 Å². The van der Waals surface area contributed by atoms with Gasteiger partial charge >= 0.3 is 0 Å². The summed E-state index contributed by atoms with van der Waals surface area (Å²) in [4.78, 5) is 0. The third kappa shape index (κ3) is 2.19. The summed E-state index contributed by atoms with van der Waals surface area (Å²) in [7, 11) is 0. The van der Waals surface area contributed by atoms with Crippen molar-refractivity contribution in [1.82, 2.24) is 0 Å². The molecule has 3 heteroatoms. The second-order valence-corrected chi connectivity index (χ2v) is 3.15. The molecule has 1 aromatic rings. The van der Waals surface area contributed by atoms with E-state index in [-0.39, 0.29) is 11.4 Å². The first-order valence-electron chi connectivity index (χ1n) is 4.02. The summed E-state index contributed by atoms with van der Waals surface area (Å²) in [6, 6.07) is 5.18. The van der Waals surface area contributed by atoms with Crippen molar-refractivity contribution in [3.05, 3.63) is 34.1 Å². The van der Waals surface area contributed by atoms with Crippen molar-refractivity contribution in [2.75, 3.05) is 0 Å². The second-order valence-electron chi connectivity index (χ2n) is 2.74. The van der Waals surface area contributed by atoms with Gasteiger partial charge in [0.25, 0.3) is 0 Å². The third-order valence-corrected chi connectivity index (χ3v) is 2.12. The van der Waals surface area contributed by atoms with Gasteiger partial charge < -0.3 is 0 Å². The molecular weight excluding hydrogens is 189 g/mol. The number of halogens is 2. The number of hydrogen-bond donors (Lipinski definition) is 0. The molecule has 1 rings (SSSR count). The molecule has 0 bridgehead atoms. The van der Waals surface area contributed by atoms with Crippen LogP contribution in [-0.4, -0.2) is 0 Å². The number of nitrogens with zero attached hydrogens (tertiary/aromatic N) is 1. The predicted molar refractivity (Wildman–Crippen MR) is 50.1 cm³/mol. The Hall–Kier alpha value is -1.07. The smallest absolute Gasteiger partial charge is 0.146 e. The van der Waals surface area contributed by atoms with Crippen LogP contribution in [-0.2, 0) is 12.8 Å². The van der Waals surface area contributed by atoms with Crippen LogP contribution >= 0.6 is 11.6 Å². The van der Waals surface area contributed by atoms with Gasteiger partial charge in [0.05, 0.1) is 17.5 Å². The van der Waals surface area contributed by atoms with E-state index in [4.69, 9.17) is 16.9 Å². The molecule has 0 saturated carbocycles. The van der Waals surface area contributed by atoms with E-state index in [0.29, 0.717) is 5.56 Å². The maximum absolute atomic E-state index is 13.2. The second kappa shape index (κ2) is 4.25. The Morgan fingerprint density at radius 3 is 2.77 bits per heavy atom.